The van der Waals surface area contributed by atoms with Crippen LogP contribution in [0.2, 0.25) is 0 Å². The number of unbranched alkanes of at least 4 members (excludes halogenated alkanes) is 4. The van der Waals surface area contributed by atoms with Crippen LogP contribution in [0.25, 0.3) is 0 Å². The highest BCUT2D eigenvalue weighted by molar-refractivity contribution is 4.85. The van der Waals surface area contributed by atoms with Gasteiger partial charge in [0.25, 0.3) is 0 Å². The van der Waals surface area contributed by atoms with Crippen molar-refractivity contribution >= 4 is 0 Å². The molecule has 0 saturated heterocycles. The zero-order chi connectivity index (χ0) is 9.94. The topological polar surface area (TPSA) is 0 Å². The average Bonchev–Trinajstić information content (AvgIpc) is 2.16. The number of hydrogen-bond donors (Lipinski definition) is 0. The minimum absolute atomic E-state index is 0.713. The molecule has 13 heavy (non-hydrogen) atoms. The summed E-state index contributed by atoms with van der Waals surface area (Å²) in [6.45, 7) is 9.89. The first-order chi connectivity index (χ1) is 6.35. The van der Waals surface area contributed by atoms with Gasteiger partial charge in [0.05, 0.1) is 0 Å². The molecule has 0 saturated carbocycles. The second-order valence-electron chi connectivity index (χ2n) is 3.63. The van der Waals surface area contributed by atoms with E-state index in [0.29, 0.717) is 5.92 Å². The van der Waals surface area contributed by atoms with Crippen LogP contribution in [0.4, 0.5) is 0 Å². The Balaban J connectivity index is 3.28. The van der Waals surface area contributed by atoms with E-state index in [4.69, 9.17) is 0 Å². The van der Waals surface area contributed by atoms with Gasteiger partial charge < -0.3 is 0 Å². The molecule has 0 aliphatic carbocycles. The van der Waals surface area contributed by atoms with Crippen molar-refractivity contribution < 1.29 is 0 Å². The lowest BCUT2D eigenvalue weighted by Crippen LogP contribution is -1.94. The summed E-state index contributed by atoms with van der Waals surface area (Å²) >= 11 is 0. The van der Waals surface area contributed by atoms with Crippen molar-refractivity contribution in [1.29, 1.82) is 0 Å². The van der Waals surface area contributed by atoms with Gasteiger partial charge in [-0.1, -0.05) is 58.1 Å². The van der Waals surface area contributed by atoms with E-state index in [1.54, 1.807) is 0 Å². The maximum Gasteiger partial charge on any atom is -0.0234 e. The maximum atomic E-state index is 3.96. The fourth-order valence-corrected chi connectivity index (χ4v) is 1.55. The van der Waals surface area contributed by atoms with Gasteiger partial charge in [-0.25, -0.2) is 0 Å². The third kappa shape index (κ3) is 8.08. The summed E-state index contributed by atoms with van der Waals surface area (Å²) in [5.74, 6) is 0.713. The van der Waals surface area contributed by atoms with E-state index >= 15 is 0 Å². The van der Waals surface area contributed by atoms with Gasteiger partial charge in [0.15, 0.2) is 0 Å². The average molecular weight is 180 g/mol. The van der Waals surface area contributed by atoms with E-state index in [0.717, 1.165) is 12.8 Å². The van der Waals surface area contributed by atoms with E-state index in [9.17, 15) is 0 Å². The van der Waals surface area contributed by atoms with E-state index in [1.807, 2.05) is 0 Å². The number of rotatable bonds is 8. The normalized spacial score (nSPS) is 13.8. The lowest BCUT2D eigenvalue weighted by atomic mass is 9.98. The van der Waals surface area contributed by atoms with Gasteiger partial charge in [-0.2, -0.15) is 0 Å². The van der Waals surface area contributed by atoms with Gasteiger partial charge in [-0.15, -0.1) is 0 Å². The third-order valence-electron chi connectivity index (χ3n) is 2.41. The van der Waals surface area contributed by atoms with Gasteiger partial charge in [-0.05, 0) is 25.7 Å². The fraction of sp³-hybridized carbons (Fsp3) is 0.692. The quantitative estimate of drug-likeness (QED) is 0.379. The van der Waals surface area contributed by atoms with Crippen LogP contribution in [0.3, 0.4) is 0 Å². The molecule has 0 aromatic rings. The summed E-state index contributed by atoms with van der Waals surface area (Å²) in [7, 11) is 0. The van der Waals surface area contributed by atoms with Gasteiger partial charge in [-0.3, -0.25) is 0 Å². The second kappa shape index (κ2) is 9.83. The fourth-order valence-electron chi connectivity index (χ4n) is 1.55. The first-order valence-corrected chi connectivity index (χ1v) is 5.56. The molecule has 0 aromatic carbocycles. The van der Waals surface area contributed by atoms with Crippen molar-refractivity contribution in [3.8, 4) is 0 Å². The maximum absolute atomic E-state index is 3.96. The van der Waals surface area contributed by atoms with Crippen molar-refractivity contribution in [2.45, 2.75) is 51.9 Å². The first-order valence-electron chi connectivity index (χ1n) is 5.56. The summed E-state index contributed by atoms with van der Waals surface area (Å²) in [6.07, 6.45) is 13.2. The van der Waals surface area contributed by atoms with Crippen LogP contribution >= 0.6 is 0 Å². The van der Waals surface area contributed by atoms with Crippen LogP contribution in [0.5, 0.6) is 0 Å². The molecule has 0 nitrogen and oxygen atoms in total. The SMILES string of the molecule is [CH2]CCCCCCC(C=CC)C[CH2]. The van der Waals surface area contributed by atoms with Crippen LogP contribution in [0.1, 0.15) is 51.9 Å². The Labute approximate surface area is 84.4 Å². The third-order valence-corrected chi connectivity index (χ3v) is 2.41. The smallest absolute Gasteiger partial charge is 0.0234 e. The van der Waals surface area contributed by atoms with Crippen LogP contribution in [0, 0.1) is 19.8 Å². The number of hydrogen-bond acceptors (Lipinski definition) is 0. The molecule has 1 unspecified atom stereocenters. The molecule has 0 fully saturated rings. The summed E-state index contributed by atoms with van der Waals surface area (Å²) < 4.78 is 0. The molecule has 1 atom stereocenters. The number of allylic oxidation sites excluding steroid dienone is 2. The Morgan fingerprint density at radius 3 is 2.31 bits per heavy atom. The standard InChI is InChI=1S/C13H24/c1-4-7-8-9-10-12-13(6-3)11-5-2/h5,11,13H,1,3-4,6-10,12H2,2H3. The van der Waals surface area contributed by atoms with Crippen LogP contribution in [0.15, 0.2) is 12.2 Å². The van der Waals surface area contributed by atoms with Gasteiger partial charge in [0.2, 0.25) is 0 Å². The zero-order valence-electron chi connectivity index (χ0n) is 9.10. The van der Waals surface area contributed by atoms with Gasteiger partial charge in [0.1, 0.15) is 0 Å². The molecule has 0 aromatic heterocycles. The lowest BCUT2D eigenvalue weighted by Gasteiger charge is -2.08. The lowest BCUT2D eigenvalue weighted by molar-refractivity contribution is 0.528. The molecule has 76 valence electrons. The predicted octanol–water partition coefficient (Wildman–Crippen LogP) is 4.58. The van der Waals surface area contributed by atoms with E-state index in [2.05, 4.69) is 32.9 Å². The van der Waals surface area contributed by atoms with Crippen molar-refractivity contribution in [3.05, 3.63) is 26.0 Å². The Morgan fingerprint density at radius 2 is 1.77 bits per heavy atom. The van der Waals surface area contributed by atoms with Crippen molar-refractivity contribution in [2.75, 3.05) is 0 Å². The second-order valence-corrected chi connectivity index (χ2v) is 3.63. The van der Waals surface area contributed by atoms with Crippen molar-refractivity contribution in [1.82, 2.24) is 0 Å². The molecule has 0 heterocycles. The minimum atomic E-state index is 0.713. The highest BCUT2D eigenvalue weighted by Crippen LogP contribution is 2.15. The first kappa shape index (κ1) is 12.7. The Kier molecular flexibility index (Phi) is 9.63. The summed E-state index contributed by atoms with van der Waals surface area (Å²) in [4.78, 5) is 0. The largest absolute Gasteiger partial charge is 0.0914 e. The van der Waals surface area contributed by atoms with Crippen LogP contribution in [-0.4, -0.2) is 0 Å². The molecular weight excluding hydrogens is 156 g/mol. The van der Waals surface area contributed by atoms with Gasteiger partial charge in [0, 0.05) is 0 Å². The molecular formula is C13H24. The molecule has 0 heteroatoms. The molecule has 0 spiro atoms. The molecule has 0 amide bonds. The van der Waals surface area contributed by atoms with E-state index in [-0.39, 0.29) is 0 Å². The molecule has 0 rings (SSSR count). The van der Waals surface area contributed by atoms with Gasteiger partial charge >= 0.3 is 0 Å². The highest BCUT2D eigenvalue weighted by atomic mass is 14.1. The molecule has 0 bridgehead atoms. The molecule has 0 aliphatic rings. The van der Waals surface area contributed by atoms with Crippen molar-refractivity contribution in [3.63, 3.8) is 0 Å². The monoisotopic (exact) mass is 180 g/mol. The Morgan fingerprint density at radius 1 is 1.08 bits per heavy atom. The van der Waals surface area contributed by atoms with Crippen LogP contribution in [-0.2, 0) is 0 Å². The zero-order valence-corrected chi connectivity index (χ0v) is 9.10. The van der Waals surface area contributed by atoms with Crippen molar-refractivity contribution in [2.24, 2.45) is 5.92 Å². The van der Waals surface area contributed by atoms with E-state index < -0.39 is 0 Å². The molecule has 0 N–H and O–H groups in total. The Bertz CT molecular complexity index is 113. The molecule has 0 aliphatic heterocycles. The minimum Gasteiger partial charge on any atom is -0.0914 e. The molecule has 2 radical (unpaired) electrons. The summed E-state index contributed by atoms with van der Waals surface area (Å²) in [5.41, 5.74) is 0. The Hall–Kier alpha value is -0.260. The summed E-state index contributed by atoms with van der Waals surface area (Å²) in [5, 5.41) is 0. The highest BCUT2D eigenvalue weighted by Gasteiger charge is 2.00. The van der Waals surface area contributed by atoms with E-state index in [1.165, 1.54) is 32.1 Å². The van der Waals surface area contributed by atoms with Crippen LogP contribution < -0.4 is 0 Å². The summed E-state index contributed by atoms with van der Waals surface area (Å²) in [6, 6.07) is 0. The predicted molar refractivity (Wildman–Crippen MR) is 61.3 cm³/mol.